The quantitative estimate of drug-likeness (QED) is 0.863. The van der Waals surface area contributed by atoms with Crippen LogP contribution in [0.25, 0.3) is 0 Å². The van der Waals surface area contributed by atoms with Gasteiger partial charge in [-0.1, -0.05) is 0 Å². The van der Waals surface area contributed by atoms with Crippen molar-refractivity contribution < 1.29 is 27.6 Å². The molecular formula is C15H14F2N2O4. The van der Waals surface area contributed by atoms with Gasteiger partial charge in [0.2, 0.25) is 5.91 Å². The molecule has 1 aromatic carbocycles. The van der Waals surface area contributed by atoms with Gasteiger partial charge in [-0.3, -0.25) is 4.79 Å². The fourth-order valence-electron chi connectivity index (χ4n) is 2.38. The summed E-state index contributed by atoms with van der Waals surface area (Å²) in [7, 11) is 1.46. The van der Waals surface area contributed by atoms with Gasteiger partial charge in [0, 0.05) is 31.0 Å². The number of carbonyl (C=O) groups is 1. The fourth-order valence-corrected chi connectivity index (χ4v) is 2.38. The number of halogens is 2. The van der Waals surface area contributed by atoms with Crippen molar-refractivity contribution in [1.29, 1.82) is 0 Å². The van der Waals surface area contributed by atoms with Gasteiger partial charge >= 0.3 is 0 Å². The number of aryl methyl sites for hydroxylation is 1. The van der Waals surface area contributed by atoms with Gasteiger partial charge in [0.1, 0.15) is 18.2 Å². The molecule has 1 aliphatic rings. The molecule has 0 N–H and O–H groups in total. The van der Waals surface area contributed by atoms with Crippen molar-refractivity contribution in [3.05, 3.63) is 35.6 Å². The summed E-state index contributed by atoms with van der Waals surface area (Å²) in [5, 5.41) is 3.64. The number of methoxy groups -OCH3 is 1. The molecule has 0 unspecified atom stereocenters. The Kier molecular flexibility index (Phi) is 4.14. The molecular weight excluding hydrogens is 310 g/mol. The maximum atomic E-state index is 13.7. The molecule has 1 amide bonds. The van der Waals surface area contributed by atoms with E-state index in [9.17, 15) is 13.6 Å². The highest BCUT2D eigenvalue weighted by atomic mass is 19.1. The number of hydrogen-bond acceptors (Lipinski definition) is 5. The van der Waals surface area contributed by atoms with E-state index in [0.29, 0.717) is 18.1 Å². The fraction of sp³-hybridized carbons (Fsp3) is 0.333. The summed E-state index contributed by atoms with van der Waals surface area (Å²) in [6, 6.07) is 3.40. The summed E-state index contributed by atoms with van der Waals surface area (Å²) in [6.45, 7) is 0.381. The van der Waals surface area contributed by atoms with E-state index in [4.69, 9.17) is 14.0 Å². The highest BCUT2D eigenvalue weighted by molar-refractivity contribution is 5.95. The second kappa shape index (κ2) is 6.23. The molecule has 23 heavy (non-hydrogen) atoms. The van der Waals surface area contributed by atoms with Crippen molar-refractivity contribution in [3.63, 3.8) is 0 Å². The minimum atomic E-state index is -0.822. The van der Waals surface area contributed by atoms with E-state index in [1.165, 1.54) is 12.0 Å². The molecule has 122 valence electrons. The molecule has 3 rings (SSSR count). The van der Waals surface area contributed by atoms with Crippen LogP contribution in [0.15, 0.2) is 22.7 Å². The number of rotatable bonds is 4. The number of ether oxygens (including phenoxy) is 2. The molecule has 0 aliphatic carbocycles. The Hall–Kier alpha value is -2.64. The molecule has 0 atom stereocenters. The second-order valence-corrected chi connectivity index (χ2v) is 4.97. The van der Waals surface area contributed by atoms with Gasteiger partial charge in [-0.05, 0) is 5.16 Å². The average molecular weight is 324 g/mol. The van der Waals surface area contributed by atoms with Crippen molar-refractivity contribution in [2.24, 2.45) is 0 Å². The summed E-state index contributed by atoms with van der Waals surface area (Å²) in [4.78, 5) is 13.7. The molecule has 0 bridgehead atoms. The molecule has 0 radical (unpaired) electrons. The molecule has 6 nitrogen and oxygen atoms in total. The van der Waals surface area contributed by atoms with Crippen molar-refractivity contribution in [1.82, 2.24) is 5.16 Å². The largest absolute Gasteiger partial charge is 0.486 e. The Morgan fingerprint density at radius 1 is 1.39 bits per heavy atom. The first-order chi connectivity index (χ1) is 11.1. The van der Waals surface area contributed by atoms with E-state index in [1.54, 1.807) is 6.07 Å². The zero-order valence-electron chi connectivity index (χ0n) is 12.3. The number of carbonyl (C=O) groups excluding carboxylic acids is 1. The van der Waals surface area contributed by atoms with E-state index in [-0.39, 0.29) is 36.9 Å². The first-order valence-corrected chi connectivity index (χ1v) is 7.00. The van der Waals surface area contributed by atoms with Gasteiger partial charge in [0.15, 0.2) is 11.6 Å². The maximum Gasteiger partial charge on any atom is 0.254 e. The lowest BCUT2D eigenvalue weighted by Gasteiger charge is -2.29. The van der Waals surface area contributed by atoms with Crippen LogP contribution in [-0.4, -0.2) is 31.3 Å². The Morgan fingerprint density at radius 3 is 2.96 bits per heavy atom. The SMILES string of the molecule is COc1cc(CCC(=O)N2CCOc3c(F)cc(F)cc32)on1. The van der Waals surface area contributed by atoms with Crippen LogP contribution < -0.4 is 14.4 Å². The van der Waals surface area contributed by atoms with E-state index >= 15 is 0 Å². The van der Waals surface area contributed by atoms with Gasteiger partial charge < -0.3 is 18.9 Å². The zero-order valence-corrected chi connectivity index (χ0v) is 12.3. The van der Waals surface area contributed by atoms with Gasteiger partial charge in [-0.25, -0.2) is 8.78 Å². The smallest absolute Gasteiger partial charge is 0.254 e. The van der Waals surface area contributed by atoms with E-state index in [0.717, 1.165) is 12.1 Å². The van der Waals surface area contributed by atoms with Gasteiger partial charge in [-0.2, -0.15) is 0 Å². The summed E-state index contributed by atoms with van der Waals surface area (Å²) in [5.41, 5.74) is 0.105. The van der Waals surface area contributed by atoms with Crippen LogP contribution in [0.1, 0.15) is 12.2 Å². The van der Waals surface area contributed by atoms with Gasteiger partial charge in [-0.15, -0.1) is 0 Å². The Morgan fingerprint density at radius 2 is 2.22 bits per heavy atom. The van der Waals surface area contributed by atoms with Crippen LogP contribution >= 0.6 is 0 Å². The van der Waals surface area contributed by atoms with Gasteiger partial charge in [0.05, 0.1) is 19.3 Å². The topological polar surface area (TPSA) is 64.8 Å². The second-order valence-electron chi connectivity index (χ2n) is 4.97. The van der Waals surface area contributed by atoms with E-state index < -0.39 is 11.6 Å². The molecule has 8 heteroatoms. The normalized spacial score (nSPS) is 13.4. The lowest BCUT2D eigenvalue weighted by atomic mass is 10.1. The predicted molar refractivity (Wildman–Crippen MR) is 75.6 cm³/mol. The summed E-state index contributed by atoms with van der Waals surface area (Å²) >= 11 is 0. The third-order valence-electron chi connectivity index (χ3n) is 3.47. The molecule has 2 aromatic rings. The number of amides is 1. The minimum absolute atomic E-state index is 0.104. The van der Waals surface area contributed by atoms with Crippen molar-refractivity contribution in [2.75, 3.05) is 25.2 Å². The molecule has 0 saturated carbocycles. The maximum absolute atomic E-state index is 13.7. The number of aromatic nitrogens is 1. The molecule has 2 heterocycles. The number of anilines is 1. The monoisotopic (exact) mass is 324 g/mol. The number of fused-ring (bicyclic) bond motifs is 1. The Balaban J connectivity index is 1.74. The summed E-state index contributed by atoms with van der Waals surface area (Å²) in [6.07, 6.45) is 0.412. The third kappa shape index (κ3) is 3.10. The van der Waals surface area contributed by atoms with Crippen molar-refractivity contribution in [2.45, 2.75) is 12.8 Å². The standard InChI is InChI=1S/C15H14F2N2O4/c1-21-13-8-10(23-18-13)2-3-14(20)19-4-5-22-15-11(17)6-9(16)7-12(15)19/h6-8H,2-5H2,1H3. The molecule has 0 fully saturated rings. The predicted octanol–water partition coefficient (Wildman–Crippen LogP) is 2.32. The third-order valence-corrected chi connectivity index (χ3v) is 3.47. The van der Waals surface area contributed by atoms with Crippen LogP contribution in [0.4, 0.5) is 14.5 Å². The van der Waals surface area contributed by atoms with Crippen LogP contribution in [-0.2, 0) is 11.2 Å². The zero-order chi connectivity index (χ0) is 16.4. The molecule has 1 aromatic heterocycles. The van der Waals surface area contributed by atoms with Crippen LogP contribution in [0.5, 0.6) is 11.6 Å². The summed E-state index contributed by atoms with van der Waals surface area (Å²) in [5.74, 6) is -1.15. The van der Waals surface area contributed by atoms with Crippen molar-refractivity contribution >= 4 is 11.6 Å². The first-order valence-electron chi connectivity index (χ1n) is 7.00. The Bertz CT molecular complexity index is 732. The number of benzene rings is 1. The lowest BCUT2D eigenvalue weighted by molar-refractivity contribution is -0.118. The molecule has 0 spiro atoms. The summed E-state index contributed by atoms with van der Waals surface area (Å²) < 4.78 is 42.2. The van der Waals surface area contributed by atoms with E-state index in [2.05, 4.69) is 5.16 Å². The first kappa shape index (κ1) is 15.3. The number of hydrogen-bond donors (Lipinski definition) is 0. The van der Waals surface area contributed by atoms with E-state index in [1.807, 2.05) is 0 Å². The van der Waals surface area contributed by atoms with Crippen LogP contribution in [0.2, 0.25) is 0 Å². The lowest BCUT2D eigenvalue weighted by Crippen LogP contribution is -2.38. The van der Waals surface area contributed by atoms with Crippen LogP contribution in [0, 0.1) is 11.6 Å². The van der Waals surface area contributed by atoms with Crippen LogP contribution in [0.3, 0.4) is 0 Å². The minimum Gasteiger partial charge on any atom is -0.486 e. The molecule has 0 saturated heterocycles. The highest BCUT2D eigenvalue weighted by Crippen LogP contribution is 2.35. The number of nitrogens with zero attached hydrogens (tertiary/aromatic N) is 2. The Labute approximate surface area is 130 Å². The van der Waals surface area contributed by atoms with Crippen molar-refractivity contribution in [3.8, 4) is 11.6 Å². The van der Waals surface area contributed by atoms with Gasteiger partial charge in [0.25, 0.3) is 5.88 Å². The molecule has 1 aliphatic heterocycles. The highest BCUT2D eigenvalue weighted by Gasteiger charge is 2.27. The average Bonchev–Trinajstić information content (AvgIpc) is 3.00.